The zero-order valence-corrected chi connectivity index (χ0v) is 22.0. The first-order chi connectivity index (χ1) is 16.9. The Bertz CT molecular complexity index is 1020. The summed E-state index contributed by atoms with van der Waals surface area (Å²) in [6.45, 7) is 7.71. The number of H-pyrrole nitrogens is 1. The number of nitrogens with one attached hydrogen (secondary N) is 2. The highest BCUT2D eigenvalue weighted by atomic mass is 16.2. The topological polar surface area (TPSA) is 71.7 Å². The van der Waals surface area contributed by atoms with Crippen molar-refractivity contribution in [3.63, 3.8) is 0 Å². The number of amides is 3. The second-order valence-corrected chi connectivity index (χ2v) is 10.6. The molecule has 7 nitrogen and oxygen atoms in total. The van der Waals surface area contributed by atoms with E-state index in [2.05, 4.69) is 51.4 Å². The number of unbranched alkanes of at least 4 members (excludes halogenated alkanes) is 2. The lowest BCUT2D eigenvalue weighted by Crippen LogP contribution is -2.55. The number of fused-ring (bicyclic) bond motifs is 2. The number of hydrogen-bond donors (Lipinski definition) is 2. The smallest absolute Gasteiger partial charge is 0.324 e. The van der Waals surface area contributed by atoms with Crippen LogP contribution in [-0.4, -0.2) is 84.5 Å². The van der Waals surface area contributed by atoms with Crippen LogP contribution in [0.15, 0.2) is 24.4 Å². The summed E-state index contributed by atoms with van der Waals surface area (Å²) in [7, 11) is 4.04. The van der Waals surface area contributed by atoms with Crippen molar-refractivity contribution < 1.29 is 9.59 Å². The molecule has 4 rings (SSSR count). The first kappa shape index (κ1) is 25.7. The standard InChI is InChI=1S/C28H43N5O2/c1-5-7-8-14-32-19-21(27(34)33(28(35)29-6-2)15-10-13-31(3)4)16-23-22-11-9-12-24-26(22)20(18-30-24)17-25(23)32/h9,11-12,18,21,23,25,30H,5-8,10,13-17,19H2,1-4H3,(H,29,35)/t21?,23-,25-/m1/s1. The molecule has 3 amide bonds. The van der Waals surface area contributed by atoms with Crippen LogP contribution in [-0.2, 0) is 11.2 Å². The molecule has 1 aliphatic heterocycles. The molecule has 1 aromatic carbocycles. The van der Waals surface area contributed by atoms with Crippen LogP contribution in [0.4, 0.5) is 4.79 Å². The van der Waals surface area contributed by atoms with E-state index in [1.54, 1.807) is 0 Å². The number of hydrogen-bond acceptors (Lipinski definition) is 4. The molecule has 192 valence electrons. The Kier molecular flexibility index (Phi) is 8.50. The molecule has 0 radical (unpaired) electrons. The molecule has 35 heavy (non-hydrogen) atoms. The number of carbonyl (C=O) groups excluding carboxylic acids is 2. The van der Waals surface area contributed by atoms with Gasteiger partial charge in [0.2, 0.25) is 5.91 Å². The third-order valence-electron chi connectivity index (χ3n) is 7.80. The summed E-state index contributed by atoms with van der Waals surface area (Å²) in [4.78, 5) is 36.4. The van der Waals surface area contributed by atoms with E-state index in [4.69, 9.17) is 0 Å². The van der Waals surface area contributed by atoms with Crippen LogP contribution in [0.5, 0.6) is 0 Å². The third-order valence-corrected chi connectivity index (χ3v) is 7.80. The summed E-state index contributed by atoms with van der Waals surface area (Å²) in [6, 6.07) is 6.70. The zero-order valence-electron chi connectivity index (χ0n) is 22.0. The summed E-state index contributed by atoms with van der Waals surface area (Å²) in [5, 5.41) is 4.22. The number of piperidine rings is 1. The number of carbonyl (C=O) groups is 2. The molecule has 1 unspecified atom stereocenters. The van der Waals surface area contributed by atoms with E-state index in [0.717, 1.165) is 45.3 Å². The number of benzene rings is 1. The Balaban J connectivity index is 1.61. The molecule has 7 heteroatoms. The number of rotatable bonds is 10. The quantitative estimate of drug-likeness (QED) is 0.499. The first-order valence-corrected chi connectivity index (χ1v) is 13.5. The molecule has 0 bridgehead atoms. The normalized spacial score (nSPS) is 21.8. The van der Waals surface area contributed by atoms with Gasteiger partial charge in [-0.15, -0.1) is 0 Å². The fraction of sp³-hybridized carbons (Fsp3) is 0.643. The predicted octanol–water partition coefficient (Wildman–Crippen LogP) is 4.20. The maximum atomic E-state index is 13.9. The Morgan fingerprint density at radius 2 is 1.97 bits per heavy atom. The molecule has 2 N–H and O–H groups in total. The predicted molar refractivity (Wildman–Crippen MR) is 142 cm³/mol. The molecule has 1 saturated heterocycles. The van der Waals surface area contributed by atoms with Crippen molar-refractivity contribution >= 4 is 22.8 Å². The second kappa shape index (κ2) is 11.6. The SMILES string of the molecule is CCCCCN1CC(C(=O)N(CCCN(C)C)C(=O)NCC)C[C@@H]2c3cccc4[nH]cc(c34)C[C@H]21. The number of likely N-dealkylation sites (tertiary alicyclic amines) is 1. The van der Waals surface area contributed by atoms with Crippen LogP contribution in [0.2, 0.25) is 0 Å². The minimum atomic E-state index is -0.255. The van der Waals surface area contributed by atoms with Gasteiger partial charge in [-0.2, -0.15) is 0 Å². The first-order valence-electron chi connectivity index (χ1n) is 13.5. The molecule has 2 aromatic rings. The molecular formula is C28H43N5O2. The molecule has 0 spiro atoms. The number of aromatic nitrogens is 1. The highest BCUT2D eigenvalue weighted by Crippen LogP contribution is 2.45. The van der Waals surface area contributed by atoms with Gasteiger partial charge in [0.15, 0.2) is 0 Å². The van der Waals surface area contributed by atoms with Gasteiger partial charge in [0, 0.05) is 48.7 Å². The van der Waals surface area contributed by atoms with Crippen LogP contribution in [0, 0.1) is 5.92 Å². The number of urea groups is 1. The van der Waals surface area contributed by atoms with Crippen molar-refractivity contribution in [2.45, 2.75) is 64.3 Å². The Labute approximate surface area is 210 Å². The van der Waals surface area contributed by atoms with Gasteiger partial charge in [0.1, 0.15) is 0 Å². The second-order valence-electron chi connectivity index (χ2n) is 10.6. The van der Waals surface area contributed by atoms with E-state index in [9.17, 15) is 9.59 Å². The Morgan fingerprint density at radius 3 is 2.71 bits per heavy atom. The van der Waals surface area contributed by atoms with Gasteiger partial charge in [0.05, 0.1) is 5.92 Å². The maximum absolute atomic E-state index is 13.9. The van der Waals surface area contributed by atoms with Gasteiger partial charge in [-0.1, -0.05) is 31.9 Å². The van der Waals surface area contributed by atoms with Crippen LogP contribution < -0.4 is 5.32 Å². The van der Waals surface area contributed by atoms with Crippen molar-refractivity contribution in [2.75, 3.05) is 46.8 Å². The third kappa shape index (κ3) is 5.56. The average Bonchev–Trinajstić information content (AvgIpc) is 3.26. The molecule has 1 fully saturated rings. The maximum Gasteiger partial charge on any atom is 0.324 e. The highest BCUT2D eigenvalue weighted by Gasteiger charge is 2.44. The Morgan fingerprint density at radius 1 is 1.14 bits per heavy atom. The largest absolute Gasteiger partial charge is 0.361 e. The lowest BCUT2D eigenvalue weighted by atomic mass is 9.72. The van der Waals surface area contributed by atoms with E-state index in [-0.39, 0.29) is 17.9 Å². The monoisotopic (exact) mass is 481 g/mol. The summed E-state index contributed by atoms with van der Waals surface area (Å²) in [5.41, 5.74) is 3.95. The van der Waals surface area contributed by atoms with Gasteiger partial charge in [0.25, 0.3) is 0 Å². The van der Waals surface area contributed by atoms with Crippen molar-refractivity contribution in [2.24, 2.45) is 5.92 Å². The summed E-state index contributed by atoms with van der Waals surface area (Å²) in [6.07, 6.45) is 8.32. The molecule has 1 aromatic heterocycles. The minimum absolute atomic E-state index is 0.0133. The zero-order chi connectivity index (χ0) is 24.9. The van der Waals surface area contributed by atoms with Gasteiger partial charge in [-0.3, -0.25) is 14.6 Å². The van der Waals surface area contributed by atoms with Crippen LogP contribution in [0.25, 0.3) is 10.9 Å². The molecular weight excluding hydrogens is 438 g/mol. The number of nitrogens with zero attached hydrogens (tertiary/aromatic N) is 3. The minimum Gasteiger partial charge on any atom is -0.361 e. The van der Waals surface area contributed by atoms with Crippen LogP contribution in [0.3, 0.4) is 0 Å². The highest BCUT2D eigenvalue weighted by molar-refractivity contribution is 5.96. The number of aromatic amines is 1. The Hall–Kier alpha value is -2.38. The van der Waals surface area contributed by atoms with Gasteiger partial charge in [-0.25, -0.2) is 4.79 Å². The van der Waals surface area contributed by atoms with Gasteiger partial charge >= 0.3 is 6.03 Å². The fourth-order valence-electron chi connectivity index (χ4n) is 6.12. The molecule has 3 atom stereocenters. The van der Waals surface area contributed by atoms with E-state index in [1.165, 1.54) is 39.8 Å². The van der Waals surface area contributed by atoms with Crippen molar-refractivity contribution in [3.8, 4) is 0 Å². The summed E-state index contributed by atoms with van der Waals surface area (Å²) < 4.78 is 0. The molecule has 1 aliphatic carbocycles. The van der Waals surface area contributed by atoms with E-state index >= 15 is 0 Å². The lowest BCUT2D eigenvalue weighted by Gasteiger charge is -2.47. The van der Waals surface area contributed by atoms with E-state index < -0.39 is 0 Å². The molecule has 2 heterocycles. The van der Waals surface area contributed by atoms with Crippen LogP contribution in [0.1, 0.15) is 63.0 Å². The molecule has 2 aliphatic rings. The van der Waals surface area contributed by atoms with E-state index in [0.29, 0.717) is 25.0 Å². The number of imide groups is 1. The van der Waals surface area contributed by atoms with Crippen molar-refractivity contribution in [1.29, 1.82) is 0 Å². The van der Waals surface area contributed by atoms with Crippen molar-refractivity contribution in [1.82, 2.24) is 25.0 Å². The van der Waals surface area contributed by atoms with Crippen LogP contribution >= 0.6 is 0 Å². The van der Waals surface area contributed by atoms with Gasteiger partial charge in [-0.05, 0) is 77.0 Å². The summed E-state index contributed by atoms with van der Waals surface area (Å²) in [5.74, 6) is 0.125. The lowest BCUT2D eigenvalue weighted by molar-refractivity contribution is -0.135. The molecule has 0 saturated carbocycles. The van der Waals surface area contributed by atoms with Gasteiger partial charge < -0.3 is 15.2 Å². The van der Waals surface area contributed by atoms with E-state index in [1.807, 2.05) is 21.0 Å². The van der Waals surface area contributed by atoms with Crippen molar-refractivity contribution in [3.05, 3.63) is 35.5 Å². The average molecular weight is 482 g/mol. The summed E-state index contributed by atoms with van der Waals surface area (Å²) >= 11 is 0. The fourth-order valence-corrected chi connectivity index (χ4v) is 6.12.